The fourth-order valence-electron chi connectivity index (χ4n) is 4.23. The van der Waals surface area contributed by atoms with Gasteiger partial charge in [0.1, 0.15) is 10.7 Å². The van der Waals surface area contributed by atoms with Crippen LogP contribution in [0, 0.1) is 5.92 Å². The molecule has 0 spiro atoms. The van der Waals surface area contributed by atoms with E-state index in [2.05, 4.69) is 20.2 Å². The Balaban J connectivity index is 1.30. The van der Waals surface area contributed by atoms with Crippen LogP contribution in [0.1, 0.15) is 35.3 Å². The zero-order valence-electron chi connectivity index (χ0n) is 20.3. The van der Waals surface area contributed by atoms with Gasteiger partial charge in [-0.05, 0) is 44.0 Å². The molecule has 1 aromatic carbocycles. The van der Waals surface area contributed by atoms with Crippen LogP contribution >= 0.6 is 23.1 Å². The zero-order chi connectivity index (χ0) is 25.6. The van der Waals surface area contributed by atoms with Gasteiger partial charge in [-0.15, -0.1) is 21.5 Å². The second kappa shape index (κ2) is 11.7. The highest BCUT2D eigenvalue weighted by atomic mass is 32.2. The summed E-state index contributed by atoms with van der Waals surface area (Å²) in [5, 5.41) is 12.2. The average Bonchev–Trinajstić information content (AvgIpc) is 3.60. The number of nitrogens with zero attached hydrogens (tertiary/aromatic N) is 6. The molecule has 1 unspecified atom stereocenters. The molecule has 9 nitrogen and oxygen atoms in total. The van der Waals surface area contributed by atoms with Crippen molar-refractivity contribution in [3.05, 3.63) is 70.9 Å². The maximum absolute atomic E-state index is 13.1. The first-order valence-electron chi connectivity index (χ1n) is 12.1. The maximum atomic E-state index is 13.1. The van der Waals surface area contributed by atoms with Gasteiger partial charge in [-0.3, -0.25) is 19.1 Å². The molecule has 1 atom stereocenters. The number of likely N-dealkylation sites (tertiary alicyclic amines) is 1. The van der Waals surface area contributed by atoms with E-state index in [4.69, 9.17) is 4.74 Å². The number of benzene rings is 1. The van der Waals surface area contributed by atoms with Crippen LogP contribution in [0.5, 0.6) is 0 Å². The summed E-state index contributed by atoms with van der Waals surface area (Å²) in [6.07, 6.45) is 5.01. The Bertz CT molecular complexity index is 1360. The second-order valence-corrected chi connectivity index (χ2v) is 10.4. The van der Waals surface area contributed by atoms with Crippen LogP contribution < -0.4 is 0 Å². The lowest BCUT2D eigenvalue weighted by atomic mass is 9.98. The summed E-state index contributed by atoms with van der Waals surface area (Å²) >= 11 is 2.95. The number of piperidine rings is 1. The van der Waals surface area contributed by atoms with Crippen molar-refractivity contribution in [1.29, 1.82) is 0 Å². The number of carbonyl (C=O) groups excluding carboxylic acids is 2. The second-order valence-electron chi connectivity index (χ2n) is 8.48. The van der Waals surface area contributed by atoms with Crippen molar-refractivity contribution in [2.24, 2.45) is 5.92 Å². The minimum atomic E-state index is -0.273. The molecule has 1 fully saturated rings. The number of pyridine rings is 1. The van der Waals surface area contributed by atoms with Crippen LogP contribution in [0.15, 0.2) is 65.4 Å². The van der Waals surface area contributed by atoms with Gasteiger partial charge in [-0.25, -0.2) is 4.98 Å². The number of rotatable bonds is 8. The zero-order valence-corrected chi connectivity index (χ0v) is 22.0. The third-order valence-corrected chi connectivity index (χ3v) is 7.96. The predicted octanol–water partition coefficient (Wildman–Crippen LogP) is 4.49. The maximum Gasteiger partial charge on any atom is 0.310 e. The van der Waals surface area contributed by atoms with E-state index in [1.54, 1.807) is 29.6 Å². The van der Waals surface area contributed by atoms with Gasteiger partial charge < -0.3 is 9.64 Å². The minimum absolute atomic E-state index is 0.146. The van der Waals surface area contributed by atoms with E-state index in [1.807, 2.05) is 47.0 Å². The Labute approximate surface area is 222 Å². The Morgan fingerprint density at radius 1 is 1.16 bits per heavy atom. The van der Waals surface area contributed by atoms with E-state index >= 15 is 0 Å². The molecule has 4 heterocycles. The van der Waals surface area contributed by atoms with Gasteiger partial charge in [0.15, 0.2) is 11.0 Å². The first-order chi connectivity index (χ1) is 18.1. The minimum Gasteiger partial charge on any atom is -0.466 e. The average molecular weight is 535 g/mol. The quantitative estimate of drug-likeness (QED) is 0.241. The summed E-state index contributed by atoms with van der Waals surface area (Å²) < 4.78 is 7.16. The van der Waals surface area contributed by atoms with Crippen molar-refractivity contribution >= 4 is 35.0 Å². The molecule has 1 aliphatic rings. The van der Waals surface area contributed by atoms with Gasteiger partial charge in [-0.2, -0.15) is 0 Å². The molecule has 37 heavy (non-hydrogen) atoms. The molecule has 0 N–H and O–H groups in total. The molecule has 5 rings (SSSR count). The topological polar surface area (TPSA) is 103 Å². The van der Waals surface area contributed by atoms with Crippen LogP contribution in [-0.2, 0) is 15.3 Å². The Hall–Kier alpha value is -3.57. The number of thioether (sulfide) groups is 1. The molecule has 0 radical (unpaired) electrons. The molecule has 1 amide bonds. The van der Waals surface area contributed by atoms with E-state index in [0.717, 1.165) is 34.3 Å². The van der Waals surface area contributed by atoms with Crippen LogP contribution in [0.25, 0.3) is 17.1 Å². The Kier molecular flexibility index (Phi) is 7.90. The van der Waals surface area contributed by atoms with Crippen LogP contribution in [0.4, 0.5) is 0 Å². The summed E-state index contributed by atoms with van der Waals surface area (Å²) in [5.41, 5.74) is 2.23. The van der Waals surface area contributed by atoms with Gasteiger partial charge in [0, 0.05) is 42.1 Å². The van der Waals surface area contributed by atoms with E-state index in [0.29, 0.717) is 37.0 Å². The number of thiazole rings is 1. The monoisotopic (exact) mass is 534 g/mol. The summed E-state index contributed by atoms with van der Waals surface area (Å²) in [6.45, 7) is 3.13. The molecule has 4 aromatic rings. The van der Waals surface area contributed by atoms with Crippen molar-refractivity contribution in [3.8, 4) is 17.1 Å². The van der Waals surface area contributed by atoms with Crippen LogP contribution in [-0.4, -0.2) is 61.2 Å². The molecule has 1 aliphatic heterocycles. The van der Waals surface area contributed by atoms with E-state index in [-0.39, 0.29) is 17.8 Å². The molecular formula is C26H26N6O3S2. The molecule has 3 aromatic heterocycles. The molecular weight excluding hydrogens is 508 g/mol. The largest absolute Gasteiger partial charge is 0.466 e. The lowest BCUT2D eigenvalue weighted by Crippen LogP contribution is -2.43. The first-order valence-corrected chi connectivity index (χ1v) is 13.9. The van der Waals surface area contributed by atoms with Crippen molar-refractivity contribution < 1.29 is 14.3 Å². The summed E-state index contributed by atoms with van der Waals surface area (Å²) in [5.74, 6) is 0.598. The fourth-order valence-corrected chi connectivity index (χ4v) is 5.97. The smallest absolute Gasteiger partial charge is 0.310 e. The van der Waals surface area contributed by atoms with E-state index < -0.39 is 0 Å². The van der Waals surface area contributed by atoms with Gasteiger partial charge >= 0.3 is 5.97 Å². The molecule has 11 heteroatoms. The molecule has 1 saturated heterocycles. The number of para-hydroxylation sites is 1. The SMILES string of the molecule is CCOC(=O)C1CCCN(C(=O)c2csc(CSc3nnc(-c4cccnc4)n3-c3ccccc3)n2)C1. The standard InChI is InChI=1S/C26H26N6O3S2/c1-2-35-25(34)19-9-7-13-31(15-19)24(33)21-16-36-22(28-21)17-37-26-30-29-23(18-8-6-12-27-14-18)32(26)20-10-4-3-5-11-20/h3-6,8,10-12,14,16,19H,2,7,9,13,15,17H2,1H3. The highest BCUT2D eigenvalue weighted by Gasteiger charge is 2.30. The summed E-state index contributed by atoms with van der Waals surface area (Å²) in [7, 11) is 0. The van der Waals surface area contributed by atoms with E-state index in [1.165, 1.54) is 23.1 Å². The van der Waals surface area contributed by atoms with Crippen molar-refractivity contribution in [3.63, 3.8) is 0 Å². The number of hydrogen-bond donors (Lipinski definition) is 0. The number of esters is 1. The van der Waals surface area contributed by atoms with Crippen LogP contribution in [0.2, 0.25) is 0 Å². The summed E-state index contributed by atoms with van der Waals surface area (Å²) in [4.78, 5) is 35.8. The molecule has 190 valence electrons. The molecule has 0 saturated carbocycles. The highest BCUT2D eigenvalue weighted by Crippen LogP contribution is 2.30. The number of hydrogen-bond acceptors (Lipinski definition) is 9. The number of ether oxygens (including phenoxy) is 1. The highest BCUT2D eigenvalue weighted by molar-refractivity contribution is 7.98. The van der Waals surface area contributed by atoms with Crippen molar-refractivity contribution in [2.45, 2.75) is 30.7 Å². The lowest BCUT2D eigenvalue weighted by Gasteiger charge is -2.31. The fraction of sp³-hybridized carbons (Fsp3) is 0.308. The first kappa shape index (κ1) is 25.1. The number of carbonyl (C=O) groups is 2. The van der Waals surface area contributed by atoms with Crippen molar-refractivity contribution in [2.75, 3.05) is 19.7 Å². The van der Waals surface area contributed by atoms with Crippen LogP contribution in [0.3, 0.4) is 0 Å². The molecule has 0 aliphatic carbocycles. The predicted molar refractivity (Wildman–Crippen MR) is 142 cm³/mol. The molecule has 0 bridgehead atoms. The number of amides is 1. The Morgan fingerprint density at radius 3 is 2.81 bits per heavy atom. The van der Waals surface area contributed by atoms with Gasteiger partial charge in [0.25, 0.3) is 5.91 Å². The normalized spacial score (nSPS) is 15.5. The van der Waals surface area contributed by atoms with Gasteiger partial charge in [-0.1, -0.05) is 30.0 Å². The lowest BCUT2D eigenvalue weighted by molar-refractivity contribution is -0.149. The number of aromatic nitrogens is 5. The van der Waals surface area contributed by atoms with Gasteiger partial charge in [0.2, 0.25) is 0 Å². The van der Waals surface area contributed by atoms with Gasteiger partial charge in [0.05, 0.1) is 18.3 Å². The summed E-state index contributed by atoms with van der Waals surface area (Å²) in [6, 6.07) is 13.8. The third kappa shape index (κ3) is 5.72. The van der Waals surface area contributed by atoms with E-state index in [9.17, 15) is 9.59 Å². The Morgan fingerprint density at radius 2 is 2.03 bits per heavy atom. The third-order valence-electron chi connectivity index (χ3n) is 5.99. The van der Waals surface area contributed by atoms with Crippen molar-refractivity contribution in [1.82, 2.24) is 29.6 Å².